The molecule has 0 aliphatic rings. The lowest BCUT2D eigenvalue weighted by molar-refractivity contribution is -0.169. The summed E-state index contributed by atoms with van der Waals surface area (Å²) in [5.41, 5.74) is 0. The monoisotopic (exact) mass is 322 g/mol. The average Bonchev–Trinajstić information content (AvgIpc) is 2.49. The van der Waals surface area contributed by atoms with E-state index in [0.717, 1.165) is 0 Å². The Labute approximate surface area is 125 Å². The van der Waals surface area contributed by atoms with Gasteiger partial charge in [0.2, 0.25) is 0 Å². The standard InChI is InChI=1S/C12H18O10/c13-5-7(15)11(19)21-9(17)3-1-2-4-10(18)22-12(20)8(16)6-14/h7-8,13-16H,1-6H2. The Kier molecular flexibility index (Phi) is 9.87. The summed E-state index contributed by atoms with van der Waals surface area (Å²) < 4.78 is 8.40. The van der Waals surface area contributed by atoms with E-state index in [0.29, 0.717) is 0 Å². The van der Waals surface area contributed by atoms with E-state index < -0.39 is 49.3 Å². The van der Waals surface area contributed by atoms with Gasteiger partial charge in [0.15, 0.2) is 12.2 Å². The fraction of sp³-hybridized carbons (Fsp3) is 0.667. The Hall–Kier alpha value is -1.88. The third kappa shape index (κ3) is 8.42. The second-order valence-corrected chi connectivity index (χ2v) is 4.19. The highest BCUT2D eigenvalue weighted by Gasteiger charge is 2.20. The van der Waals surface area contributed by atoms with Crippen molar-refractivity contribution in [3.63, 3.8) is 0 Å². The summed E-state index contributed by atoms with van der Waals surface area (Å²) in [6, 6.07) is 0. The van der Waals surface area contributed by atoms with Crippen molar-refractivity contribution in [3.05, 3.63) is 0 Å². The molecule has 0 rings (SSSR count). The highest BCUT2D eigenvalue weighted by Crippen LogP contribution is 2.04. The number of unbranched alkanes of at least 4 members (excludes halogenated alkanes) is 1. The van der Waals surface area contributed by atoms with Crippen molar-refractivity contribution in [3.8, 4) is 0 Å². The fourth-order valence-corrected chi connectivity index (χ4v) is 1.15. The van der Waals surface area contributed by atoms with Gasteiger partial charge in [-0.3, -0.25) is 9.59 Å². The molecule has 2 unspecified atom stereocenters. The molecule has 0 bridgehead atoms. The van der Waals surface area contributed by atoms with E-state index in [9.17, 15) is 19.2 Å². The highest BCUT2D eigenvalue weighted by atomic mass is 16.6. The predicted octanol–water partition coefficient (Wildman–Crippen LogP) is -2.61. The number of hydrogen-bond acceptors (Lipinski definition) is 10. The Balaban J connectivity index is 3.84. The van der Waals surface area contributed by atoms with Crippen molar-refractivity contribution in [1.82, 2.24) is 0 Å². The van der Waals surface area contributed by atoms with Crippen LogP contribution in [-0.4, -0.2) is 69.7 Å². The number of esters is 4. The molecule has 0 aromatic carbocycles. The Morgan fingerprint density at radius 3 is 1.32 bits per heavy atom. The van der Waals surface area contributed by atoms with Gasteiger partial charge in [0.05, 0.1) is 13.2 Å². The van der Waals surface area contributed by atoms with Crippen LogP contribution in [0, 0.1) is 0 Å². The largest absolute Gasteiger partial charge is 0.393 e. The maximum atomic E-state index is 11.2. The normalized spacial score (nSPS) is 13.1. The van der Waals surface area contributed by atoms with Gasteiger partial charge in [-0.25, -0.2) is 9.59 Å². The molecule has 22 heavy (non-hydrogen) atoms. The zero-order chi connectivity index (χ0) is 17.1. The molecule has 10 heteroatoms. The van der Waals surface area contributed by atoms with Gasteiger partial charge in [0.25, 0.3) is 0 Å². The summed E-state index contributed by atoms with van der Waals surface area (Å²) >= 11 is 0. The SMILES string of the molecule is O=C(CCCCC(=O)OC(=O)C(O)CO)OC(=O)C(O)CO. The first-order valence-electron chi connectivity index (χ1n) is 6.38. The molecule has 0 aliphatic carbocycles. The smallest absolute Gasteiger partial charge is 0.345 e. The first-order chi connectivity index (χ1) is 10.3. The highest BCUT2D eigenvalue weighted by molar-refractivity contribution is 5.88. The Morgan fingerprint density at radius 2 is 1.05 bits per heavy atom. The van der Waals surface area contributed by atoms with Gasteiger partial charge in [-0.15, -0.1) is 0 Å². The molecule has 0 fully saturated rings. The molecular weight excluding hydrogens is 304 g/mol. The van der Waals surface area contributed by atoms with Crippen molar-refractivity contribution in [2.45, 2.75) is 37.9 Å². The summed E-state index contributed by atoms with van der Waals surface area (Å²) in [6.07, 6.45) is -3.72. The number of aliphatic hydroxyl groups excluding tert-OH is 4. The van der Waals surface area contributed by atoms with Gasteiger partial charge < -0.3 is 29.9 Å². The maximum Gasteiger partial charge on any atom is 0.345 e. The van der Waals surface area contributed by atoms with Gasteiger partial charge in [-0.1, -0.05) is 0 Å². The van der Waals surface area contributed by atoms with E-state index in [-0.39, 0.29) is 25.7 Å². The van der Waals surface area contributed by atoms with E-state index >= 15 is 0 Å². The van der Waals surface area contributed by atoms with Gasteiger partial charge in [0.1, 0.15) is 0 Å². The van der Waals surface area contributed by atoms with Crippen LogP contribution in [0.25, 0.3) is 0 Å². The van der Waals surface area contributed by atoms with Crippen LogP contribution in [0.1, 0.15) is 25.7 Å². The van der Waals surface area contributed by atoms with Gasteiger partial charge in [-0.05, 0) is 12.8 Å². The molecule has 0 radical (unpaired) electrons. The van der Waals surface area contributed by atoms with Crippen molar-refractivity contribution in [2.24, 2.45) is 0 Å². The summed E-state index contributed by atoms with van der Waals surface area (Å²) in [7, 11) is 0. The summed E-state index contributed by atoms with van der Waals surface area (Å²) in [5, 5.41) is 34.6. The van der Waals surface area contributed by atoms with Gasteiger partial charge in [-0.2, -0.15) is 0 Å². The molecule has 0 aromatic rings. The molecule has 0 amide bonds. The van der Waals surface area contributed by atoms with Crippen LogP contribution in [-0.2, 0) is 28.7 Å². The zero-order valence-electron chi connectivity index (χ0n) is 11.6. The fourth-order valence-electron chi connectivity index (χ4n) is 1.15. The van der Waals surface area contributed by atoms with E-state index in [1.807, 2.05) is 0 Å². The zero-order valence-corrected chi connectivity index (χ0v) is 11.6. The van der Waals surface area contributed by atoms with Crippen molar-refractivity contribution in [2.75, 3.05) is 13.2 Å². The number of rotatable bonds is 9. The molecule has 4 N–H and O–H groups in total. The van der Waals surface area contributed by atoms with Crippen LogP contribution in [0.3, 0.4) is 0 Å². The van der Waals surface area contributed by atoms with Crippen LogP contribution >= 0.6 is 0 Å². The average molecular weight is 322 g/mol. The minimum absolute atomic E-state index is 0.146. The first kappa shape index (κ1) is 20.1. The predicted molar refractivity (Wildman–Crippen MR) is 66.9 cm³/mol. The maximum absolute atomic E-state index is 11.2. The van der Waals surface area contributed by atoms with Gasteiger partial charge in [0, 0.05) is 12.8 Å². The van der Waals surface area contributed by atoms with E-state index in [2.05, 4.69) is 9.47 Å². The van der Waals surface area contributed by atoms with E-state index in [1.165, 1.54) is 0 Å². The number of carbonyl (C=O) groups is 4. The topological polar surface area (TPSA) is 168 Å². The quantitative estimate of drug-likeness (QED) is 0.200. The number of hydrogen-bond donors (Lipinski definition) is 4. The molecule has 0 saturated carbocycles. The lowest BCUT2D eigenvalue weighted by atomic mass is 10.2. The molecule has 0 aromatic heterocycles. The number of aliphatic hydroxyl groups is 4. The molecule has 126 valence electrons. The van der Waals surface area contributed by atoms with Crippen molar-refractivity contribution in [1.29, 1.82) is 0 Å². The molecule has 0 saturated heterocycles. The van der Waals surface area contributed by atoms with Crippen molar-refractivity contribution < 1.29 is 49.1 Å². The summed E-state index contributed by atoms with van der Waals surface area (Å²) in [5.74, 6) is -4.40. The van der Waals surface area contributed by atoms with Crippen LogP contribution in [0.2, 0.25) is 0 Å². The lowest BCUT2D eigenvalue weighted by Gasteiger charge is -2.07. The molecule has 2 atom stereocenters. The minimum Gasteiger partial charge on any atom is -0.393 e. The van der Waals surface area contributed by atoms with E-state index in [1.54, 1.807) is 0 Å². The molecule has 0 heterocycles. The summed E-state index contributed by atoms with van der Waals surface area (Å²) in [4.78, 5) is 44.2. The van der Waals surface area contributed by atoms with Gasteiger partial charge >= 0.3 is 23.9 Å². The minimum atomic E-state index is -1.79. The molecular formula is C12H18O10. The van der Waals surface area contributed by atoms with Crippen LogP contribution in [0.4, 0.5) is 0 Å². The van der Waals surface area contributed by atoms with Crippen molar-refractivity contribution >= 4 is 23.9 Å². The first-order valence-corrected chi connectivity index (χ1v) is 6.38. The van der Waals surface area contributed by atoms with E-state index in [4.69, 9.17) is 20.4 Å². The third-order valence-corrected chi connectivity index (χ3v) is 2.33. The number of ether oxygens (including phenoxy) is 2. The molecule has 0 spiro atoms. The second kappa shape index (κ2) is 10.8. The van der Waals surface area contributed by atoms with Crippen LogP contribution in [0.15, 0.2) is 0 Å². The Morgan fingerprint density at radius 1 is 0.727 bits per heavy atom. The second-order valence-electron chi connectivity index (χ2n) is 4.19. The molecule has 10 nitrogen and oxygen atoms in total. The molecule has 0 aliphatic heterocycles. The van der Waals surface area contributed by atoms with Crippen LogP contribution < -0.4 is 0 Å². The number of carbonyl (C=O) groups excluding carboxylic acids is 4. The Bertz CT molecular complexity index is 367. The third-order valence-electron chi connectivity index (χ3n) is 2.33. The summed E-state index contributed by atoms with van der Waals surface area (Å²) in [6.45, 7) is -1.74. The lowest BCUT2D eigenvalue weighted by Crippen LogP contribution is -2.29. The van der Waals surface area contributed by atoms with Crippen LogP contribution in [0.5, 0.6) is 0 Å².